The van der Waals surface area contributed by atoms with Crippen LogP contribution in [0.25, 0.3) is 0 Å². The van der Waals surface area contributed by atoms with Crippen LogP contribution in [0.3, 0.4) is 0 Å². The summed E-state index contributed by atoms with van der Waals surface area (Å²) >= 11 is 0. The normalized spacial score (nSPS) is 12.5. The van der Waals surface area contributed by atoms with Gasteiger partial charge in [-0.2, -0.15) is 0 Å². The molecular formula is C12H19NO. The largest absolute Gasteiger partial charge is 0.496 e. The van der Waals surface area contributed by atoms with E-state index in [1.807, 2.05) is 19.2 Å². The fourth-order valence-electron chi connectivity index (χ4n) is 1.43. The predicted molar refractivity (Wildman–Crippen MR) is 59.8 cm³/mol. The number of ether oxygens (including phenoxy) is 1. The van der Waals surface area contributed by atoms with Crippen molar-refractivity contribution in [2.24, 2.45) is 0 Å². The van der Waals surface area contributed by atoms with Crippen molar-refractivity contribution in [3.05, 3.63) is 29.8 Å². The molecule has 14 heavy (non-hydrogen) atoms. The molecule has 0 saturated heterocycles. The van der Waals surface area contributed by atoms with Gasteiger partial charge in [-0.25, -0.2) is 0 Å². The van der Waals surface area contributed by atoms with Crippen LogP contribution in [0.15, 0.2) is 24.3 Å². The van der Waals surface area contributed by atoms with E-state index in [1.54, 1.807) is 7.11 Å². The molecule has 0 radical (unpaired) electrons. The maximum atomic E-state index is 5.29. The van der Waals surface area contributed by atoms with Crippen molar-refractivity contribution in [1.29, 1.82) is 0 Å². The summed E-state index contributed by atoms with van der Waals surface area (Å²) in [5, 5.41) is 3.23. The lowest BCUT2D eigenvalue weighted by Crippen LogP contribution is -2.21. The second-order valence-electron chi connectivity index (χ2n) is 3.54. The van der Waals surface area contributed by atoms with Crippen molar-refractivity contribution >= 4 is 0 Å². The van der Waals surface area contributed by atoms with Crippen LogP contribution < -0.4 is 10.1 Å². The number of benzene rings is 1. The lowest BCUT2D eigenvalue weighted by atomic mass is 10.1. The summed E-state index contributed by atoms with van der Waals surface area (Å²) in [4.78, 5) is 0. The molecule has 0 heterocycles. The van der Waals surface area contributed by atoms with Gasteiger partial charge >= 0.3 is 0 Å². The summed E-state index contributed by atoms with van der Waals surface area (Å²) in [6, 6.07) is 8.76. The van der Waals surface area contributed by atoms with E-state index < -0.39 is 0 Å². The highest BCUT2D eigenvalue weighted by molar-refractivity contribution is 5.33. The Labute approximate surface area is 86.3 Å². The molecule has 0 spiro atoms. The molecule has 1 aromatic rings. The van der Waals surface area contributed by atoms with Crippen LogP contribution >= 0.6 is 0 Å². The first kappa shape index (κ1) is 11.1. The smallest absolute Gasteiger partial charge is 0.122 e. The van der Waals surface area contributed by atoms with E-state index in [1.165, 1.54) is 5.56 Å². The summed E-state index contributed by atoms with van der Waals surface area (Å²) in [5.41, 5.74) is 1.29. The van der Waals surface area contributed by atoms with Crippen LogP contribution in [0.2, 0.25) is 0 Å². The van der Waals surface area contributed by atoms with Gasteiger partial charge in [0.2, 0.25) is 0 Å². The molecule has 1 aromatic carbocycles. The highest BCUT2D eigenvalue weighted by atomic mass is 16.5. The van der Waals surface area contributed by atoms with Gasteiger partial charge in [-0.15, -0.1) is 0 Å². The van der Waals surface area contributed by atoms with Gasteiger partial charge in [0.15, 0.2) is 0 Å². The molecular weight excluding hydrogens is 174 g/mol. The lowest BCUT2D eigenvalue weighted by molar-refractivity contribution is 0.408. The van der Waals surface area contributed by atoms with Crippen molar-refractivity contribution in [1.82, 2.24) is 5.32 Å². The quantitative estimate of drug-likeness (QED) is 0.774. The van der Waals surface area contributed by atoms with E-state index in [2.05, 4.69) is 24.4 Å². The third kappa shape index (κ3) is 3.04. The standard InChI is InChI=1S/C12H19NO/c1-10(13-2)8-9-11-6-4-5-7-12(11)14-3/h4-7,10,13H,8-9H2,1-3H3/t10-/m0/s1. The van der Waals surface area contributed by atoms with Crippen LogP contribution in [0.4, 0.5) is 0 Å². The minimum Gasteiger partial charge on any atom is -0.496 e. The van der Waals surface area contributed by atoms with E-state index in [9.17, 15) is 0 Å². The van der Waals surface area contributed by atoms with Gasteiger partial charge in [-0.05, 0) is 38.4 Å². The van der Waals surface area contributed by atoms with Crippen LogP contribution in [-0.2, 0) is 6.42 Å². The average molecular weight is 193 g/mol. The first-order chi connectivity index (χ1) is 6.77. The second-order valence-corrected chi connectivity index (χ2v) is 3.54. The molecule has 1 N–H and O–H groups in total. The average Bonchev–Trinajstić information content (AvgIpc) is 2.26. The number of para-hydroxylation sites is 1. The summed E-state index contributed by atoms with van der Waals surface area (Å²) < 4.78 is 5.29. The molecule has 1 atom stereocenters. The Balaban J connectivity index is 2.57. The number of hydrogen-bond acceptors (Lipinski definition) is 2. The molecule has 0 aliphatic rings. The topological polar surface area (TPSA) is 21.3 Å². The molecule has 0 aliphatic carbocycles. The fourth-order valence-corrected chi connectivity index (χ4v) is 1.43. The Kier molecular flexibility index (Phi) is 4.47. The minimum absolute atomic E-state index is 0.555. The zero-order chi connectivity index (χ0) is 10.4. The van der Waals surface area contributed by atoms with Gasteiger partial charge < -0.3 is 10.1 Å². The summed E-state index contributed by atoms with van der Waals surface area (Å²) in [6.07, 6.45) is 2.20. The molecule has 0 bridgehead atoms. The highest BCUT2D eigenvalue weighted by Crippen LogP contribution is 2.19. The molecule has 2 nitrogen and oxygen atoms in total. The molecule has 2 heteroatoms. The van der Waals surface area contributed by atoms with Crippen LogP contribution in [0.5, 0.6) is 5.75 Å². The van der Waals surface area contributed by atoms with Gasteiger partial charge in [0, 0.05) is 6.04 Å². The zero-order valence-electron chi connectivity index (χ0n) is 9.21. The Morgan fingerprint density at radius 2 is 2.07 bits per heavy atom. The lowest BCUT2D eigenvalue weighted by Gasteiger charge is -2.11. The van der Waals surface area contributed by atoms with E-state index >= 15 is 0 Å². The molecule has 0 amide bonds. The van der Waals surface area contributed by atoms with Crippen molar-refractivity contribution in [3.63, 3.8) is 0 Å². The molecule has 0 aromatic heterocycles. The van der Waals surface area contributed by atoms with Crippen LogP contribution in [0, 0.1) is 0 Å². The maximum Gasteiger partial charge on any atom is 0.122 e. The van der Waals surface area contributed by atoms with E-state index in [-0.39, 0.29) is 0 Å². The number of nitrogens with one attached hydrogen (secondary N) is 1. The molecule has 78 valence electrons. The van der Waals surface area contributed by atoms with Crippen LogP contribution in [-0.4, -0.2) is 20.2 Å². The summed E-state index contributed by atoms with van der Waals surface area (Å²) in [5.74, 6) is 0.996. The summed E-state index contributed by atoms with van der Waals surface area (Å²) in [6.45, 7) is 2.19. The van der Waals surface area contributed by atoms with E-state index in [4.69, 9.17) is 4.74 Å². The van der Waals surface area contributed by atoms with Gasteiger partial charge in [0.05, 0.1) is 7.11 Å². The maximum absolute atomic E-state index is 5.29. The molecule has 0 fully saturated rings. The van der Waals surface area contributed by atoms with Gasteiger partial charge in [-0.3, -0.25) is 0 Å². The third-order valence-electron chi connectivity index (χ3n) is 2.53. The van der Waals surface area contributed by atoms with Crippen LogP contribution in [0.1, 0.15) is 18.9 Å². The first-order valence-electron chi connectivity index (χ1n) is 5.07. The third-order valence-corrected chi connectivity index (χ3v) is 2.53. The first-order valence-corrected chi connectivity index (χ1v) is 5.07. The Morgan fingerprint density at radius 3 is 2.71 bits per heavy atom. The predicted octanol–water partition coefficient (Wildman–Crippen LogP) is 2.24. The Morgan fingerprint density at radius 1 is 1.36 bits per heavy atom. The van der Waals surface area contributed by atoms with Gasteiger partial charge in [0.25, 0.3) is 0 Å². The number of methoxy groups -OCH3 is 1. The van der Waals surface area contributed by atoms with Gasteiger partial charge in [-0.1, -0.05) is 18.2 Å². The SMILES string of the molecule is CN[C@@H](C)CCc1ccccc1OC. The molecule has 0 unspecified atom stereocenters. The van der Waals surface area contributed by atoms with Crippen molar-refractivity contribution in [2.45, 2.75) is 25.8 Å². The Hall–Kier alpha value is -1.02. The van der Waals surface area contributed by atoms with E-state index in [0.29, 0.717) is 6.04 Å². The zero-order valence-corrected chi connectivity index (χ0v) is 9.21. The molecule has 0 saturated carbocycles. The highest BCUT2D eigenvalue weighted by Gasteiger charge is 2.03. The minimum atomic E-state index is 0.555. The van der Waals surface area contributed by atoms with Crippen molar-refractivity contribution < 1.29 is 4.74 Å². The fraction of sp³-hybridized carbons (Fsp3) is 0.500. The molecule has 0 aliphatic heterocycles. The van der Waals surface area contributed by atoms with Crippen molar-refractivity contribution in [3.8, 4) is 5.75 Å². The van der Waals surface area contributed by atoms with E-state index in [0.717, 1.165) is 18.6 Å². The van der Waals surface area contributed by atoms with Gasteiger partial charge in [0.1, 0.15) is 5.75 Å². The monoisotopic (exact) mass is 193 g/mol. The number of hydrogen-bond donors (Lipinski definition) is 1. The summed E-state index contributed by atoms with van der Waals surface area (Å²) in [7, 11) is 3.72. The number of aryl methyl sites for hydroxylation is 1. The van der Waals surface area contributed by atoms with Crippen molar-refractivity contribution in [2.75, 3.05) is 14.2 Å². The number of rotatable bonds is 5. The molecule has 1 rings (SSSR count). The second kappa shape index (κ2) is 5.66. The Bertz CT molecular complexity index is 273.